The number of hydrogen-bond donors (Lipinski definition) is 0. The summed E-state index contributed by atoms with van der Waals surface area (Å²) in [5.74, 6) is -0.523. The number of allylic oxidation sites excluding steroid dienone is 1. The monoisotopic (exact) mass is 198 g/mol. The van der Waals surface area contributed by atoms with Gasteiger partial charge in [-0.15, -0.1) is 0 Å². The number of fused-ring (bicyclic) bond motifs is 1. The van der Waals surface area contributed by atoms with Crippen molar-refractivity contribution in [2.75, 3.05) is 0 Å². The van der Waals surface area contributed by atoms with E-state index < -0.39 is 15.7 Å². The quantitative estimate of drug-likeness (QED) is 0.638. The van der Waals surface area contributed by atoms with Gasteiger partial charge in [0.25, 0.3) is 0 Å². The molecule has 0 fully saturated rings. The molecular weight excluding hydrogens is 191 g/mol. The maximum atomic E-state index is 12.7. The van der Waals surface area contributed by atoms with E-state index in [0.717, 1.165) is 6.07 Å². The summed E-state index contributed by atoms with van der Waals surface area (Å²) in [7, 11) is -3.39. The first-order chi connectivity index (χ1) is 6.01. The second-order valence-corrected chi connectivity index (χ2v) is 5.03. The lowest BCUT2D eigenvalue weighted by Gasteiger charge is -1.98. The van der Waals surface area contributed by atoms with E-state index in [1.165, 1.54) is 19.1 Å². The summed E-state index contributed by atoms with van der Waals surface area (Å²) < 4.78 is 35.7. The average Bonchev–Trinajstić information content (AvgIpc) is 2.27. The summed E-state index contributed by atoms with van der Waals surface area (Å²) in [5.41, 5.74) is 0.568. The number of halogens is 1. The predicted octanol–water partition coefficient (Wildman–Crippen LogP) is 1.97. The third-order valence-corrected chi connectivity index (χ3v) is 3.95. The molecule has 13 heavy (non-hydrogen) atoms. The van der Waals surface area contributed by atoms with Crippen LogP contribution in [-0.4, -0.2) is 8.42 Å². The largest absolute Gasteiger partial charge is 0.219 e. The van der Waals surface area contributed by atoms with E-state index in [1.54, 1.807) is 6.08 Å². The average molecular weight is 198 g/mol. The molecule has 1 aromatic rings. The van der Waals surface area contributed by atoms with Crippen LogP contribution >= 0.6 is 0 Å². The van der Waals surface area contributed by atoms with Gasteiger partial charge in [-0.05, 0) is 30.7 Å². The standard InChI is InChI=1S/C9H7FO2S/c1-6-4-7-2-3-8(10)5-9(7)13(6,11)12/h2-5H,1H3. The molecule has 1 aromatic carbocycles. The lowest BCUT2D eigenvalue weighted by molar-refractivity contribution is 0.597. The molecule has 0 aliphatic carbocycles. The molecule has 0 spiro atoms. The summed E-state index contributed by atoms with van der Waals surface area (Å²) in [6, 6.07) is 3.78. The third-order valence-electron chi connectivity index (χ3n) is 2.05. The van der Waals surface area contributed by atoms with Crippen LogP contribution in [0.15, 0.2) is 28.0 Å². The van der Waals surface area contributed by atoms with Crippen LogP contribution in [0.4, 0.5) is 4.39 Å². The molecule has 1 aliphatic heterocycles. The van der Waals surface area contributed by atoms with Gasteiger partial charge in [0, 0.05) is 4.91 Å². The van der Waals surface area contributed by atoms with E-state index in [9.17, 15) is 12.8 Å². The van der Waals surface area contributed by atoms with Crippen LogP contribution < -0.4 is 0 Å². The Bertz CT molecular complexity index is 500. The maximum Gasteiger partial charge on any atom is 0.203 e. The van der Waals surface area contributed by atoms with Gasteiger partial charge in [-0.1, -0.05) is 6.07 Å². The molecule has 0 N–H and O–H groups in total. The topological polar surface area (TPSA) is 34.1 Å². The molecular formula is C9H7FO2S. The lowest BCUT2D eigenvalue weighted by atomic mass is 10.2. The van der Waals surface area contributed by atoms with Crippen LogP contribution in [0.1, 0.15) is 12.5 Å². The molecule has 2 rings (SSSR count). The minimum Gasteiger partial charge on any atom is -0.219 e. The fraction of sp³-hybridized carbons (Fsp3) is 0.111. The highest BCUT2D eigenvalue weighted by atomic mass is 32.2. The van der Waals surface area contributed by atoms with Gasteiger partial charge in [-0.25, -0.2) is 12.8 Å². The van der Waals surface area contributed by atoms with E-state index >= 15 is 0 Å². The molecule has 0 unspecified atom stereocenters. The predicted molar refractivity (Wildman–Crippen MR) is 47.2 cm³/mol. The Labute approximate surface area is 75.6 Å². The molecule has 0 atom stereocenters. The second kappa shape index (κ2) is 2.42. The first-order valence-electron chi connectivity index (χ1n) is 3.75. The fourth-order valence-electron chi connectivity index (χ4n) is 1.33. The Morgan fingerprint density at radius 2 is 2.00 bits per heavy atom. The van der Waals surface area contributed by atoms with Crippen LogP contribution in [-0.2, 0) is 9.84 Å². The Morgan fingerprint density at radius 1 is 1.31 bits per heavy atom. The summed E-state index contributed by atoms with van der Waals surface area (Å²) in [6.07, 6.45) is 1.55. The molecule has 0 saturated heterocycles. The van der Waals surface area contributed by atoms with Gasteiger partial charge in [0.1, 0.15) is 5.82 Å². The number of sulfone groups is 1. The molecule has 4 heteroatoms. The highest BCUT2D eigenvalue weighted by molar-refractivity contribution is 7.95. The van der Waals surface area contributed by atoms with E-state index in [-0.39, 0.29) is 9.80 Å². The molecule has 1 aliphatic rings. The minimum atomic E-state index is -3.39. The van der Waals surface area contributed by atoms with Crippen molar-refractivity contribution in [1.82, 2.24) is 0 Å². The van der Waals surface area contributed by atoms with Gasteiger partial charge in [-0.3, -0.25) is 0 Å². The van der Waals surface area contributed by atoms with E-state index in [1.807, 2.05) is 0 Å². The van der Waals surface area contributed by atoms with Crippen molar-refractivity contribution in [3.05, 3.63) is 34.5 Å². The van der Waals surface area contributed by atoms with Crippen molar-refractivity contribution < 1.29 is 12.8 Å². The van der Waals surface area contributed by atoms with E-state index in [4.69, 9.17) is 0 Å². The van der Waals surface area contributed by atoms with Gasteiger partial charge < -0.3 is 0 Å². The highest BCUT2D eigenvalue weighted by Gasteiger charge is 2.26. The minimum absolute atomic E-state index is 0.0741. The normalized spacial score (nSPS) is 18.2. The molecule has 0 radical (unpaired) electrons. The smallest absolute Gasteiger partial charge is 0.203 e. The molecule has 1 heterocycles. The zero-order chi connectivity index (χ0) is 9.64. The molecule has 2 nitrogen and oxygen atoms in total. The zero-order valence-electron chi connectivity index (χ0n) is 6.91. The number of hydrogen-bond acceptors (Lipinski definition) is 2. The van der Waals surface area contributed by atoms with Crippen molar-refractivity contribution in [3.8, 4) is 0 Å². The number of benzene rings is 1. The summed E-state index contributed by atoms with van der Waals surface area (Å²) in [4.78, 5) is 0.345. The number of rotatable bonds is 0. The lowest BCUT2D eigenvalue weighted by Crippen LogP contribution is -1.98. The van der Waals surface area contributed by atoms with Gasteiger partial charge >= 0.3 is 0 Å². The molecule has 0 aromatic heterocycles. The summed E-state index contributed by atoms with van der Waals surface area (Å²) >= 11 is 0. The Hall–Kier alpha value is -1.16. The maximum absolute atomic E-state index is 12.7. The van der Waals surface area contributed by atoms with Crippen molar-refractivity contribution in [2.45, 2.75) is 11.8 Å². The van der Waals surface area contributed by atoms with Crippen LogP contribution in [0, 0.1) is 5.82 Å². The van der Waals surface area contributed by atoms with Crippen molar-refractivity contribution in [2.24, 2.45) is 0 Å². The fourth-order valence-corrected chi connectivity index (χ4v) is 2.66. The first-order valence-corrected chi connectivity index (χ1v) is 5.23. The molecule has 0 saturated carbocycles. The van der Waals surface area contributed by atoms with Crippen molar-refractivity contribution >= 4 is 15.9 Å². The molecule has 0 amide bonds. The van der Waals surface area contributed by atoms with Crippen LogP contribution in [0.3, 0.4) is 0 Å². The Morgan fingerprint density at radius 3 is 2.69 bits per heavy atom. The van der Waals surface area contributed by atoms with Crippen LogP contribution in [0.5, 0.6) is 0 Å². The third kappa shape index (κ3) is 1.09. The van der Waals surface area contributed by atoms with Crippen LogP contribution in [0.25, 0.3) is 6.08 Å². The van der Waals surface area contributed by atoms with Gasteiger partial charge in [0.15, 0.2) is 0 Å². The van der Waals surface area contributed by atoms with Crippen molar-refractivity contribution in [1.29, 1.82) is 0 Å². The van der Waals surface area contributed by atoms with Crippen molar-refractivity contribution in [3.63, 3.8) is 0 Å². The SMILES string of the molecule is CC1=Cc2ccc(F)cc2S1(=O)=O. The van der Waals surface area contributed by atoms with E-state index in [0.29, 0.717) is 5.56 Å². The first kappa shape index (κ1) is 8.44. The van der Waals surface area contributed by atoms with Gasteiger partial charge in [-0.2, -0.15) is 0 Å². The molecule has 0 bridgehead atoms. The molecule has 68 valence electrons. The van der Waals surface area contributed by atoms with Crippen LogP contribution in [0.2, 0.25) is 0 Å². The zero-order valence-corrected chi connectivity index (χ0v) is 7.73. The Balaban J connectivity index is 2.80. The second-order valence-electron chi connectivity index (χ2n) is 2.94. The van der Waals surface area contributed by atoms with Gasteiger partial charge in [0.2, 0.25) is 9.84 Å². The van der Waals surface area contributed by atoms with Gasteiger partial charge in [0.05, 0.1) is 4.90 Å². The van der Waals surface area contributed by atoms with E-state index in [2.05, 4.69) is 0 Å². The Kier molecular flexibility index (Phi) is 1.57. The summed E-state index contributed by atoms with van der Waals surface area (Å²) in [6.45, 7) is 1.51. The summed E-state index contributed by atoms with van der Waals surface area (Å²) in [5, 5.41) is 0. The highest BCUT2D eigenvalue weighted by Crippen LogP contribution is 2.32.